The van der Waals surface area contributed by atoms with Crippen molar-refractivity contribution < 1.29 is 13.2 Å². The van der Waals surface area contributed by atoms with Gasteiger partial charge in [-0.3, -0.25) is 0 Å². The van der Waals surface area contributed by atoms with Gasteiger partial charge < -0.3 is 15.5 Å². The lowest BCUT2D eigenvalue weighted by Gasteiger charge is -2.37. The van der Waals surface area contributed by atoms with Gasteiger partial charge in [0.15, 0.2) is 0 Å². The zero-order chi connectivity index (χ0) is 18.5. The monoisotopic (exact) mass is 361 g/mol. The standard InChI is InChI=1S/C20H22F3N3/c1-12-7-14(25-18-6-4-3-5-17(18)20(21,22)23)8-15-16-10-24-9-13(16)11-26(2)19(12)15/h3-8,13,16,24-25H,9-11H2,1-2H3/t13-,16-/m0/s1. The molecule has 1 saturated heterocycles. The third-order valence-corrected chi connectivity index (χ3v) is 5.47. The van der Waals surface area contributed by atoms with Crippen molar-refractivity contribution >= 4 is 17.1 Å². The average Bonchev–Trinajstić information content (AvgIpc) is 3.02. The van der Waals surface area contributed by atoms with Crippen LogP contribution >= 0.6 is 0 Å². The van der Waals surface area contributed by atoms with Crippen LogP contribution in [-0.2, 0) is 6.18 Å². The summed E-state index contributed by atoms with van der Waals surface area (Å²) in [5.41, 5.74) is 3.67. The number of nitrogens with zero attached hydrogens (tertiary/aromatic N) is 1. The number of para-hydroxylation sites is 1. The Kier molecular flexibility index (Phi) is 4.10. The van der Waals surface area contributed by atoms with E-state index in [2.05, 4.69) is 22.6 Å². The number of anilines is 3. The van der Waals surface area contributed by atoms with Crippen molar-refractivity contribution in [1.29, 1.82) is 0 Å². The van der Waals surface area contributed by atoms with Crippen LogP contribution in [0.15, 0.2) is 36.4 Å². The summed E-state index contributed by atoms with van der Waals surface area (Å²) in [5.74, 6) is 0.962. The smallest absolute Gasteiger partial charge is 0.374 e. The molecule has 2 aliphatic heterocycles. The highest BCUT2D eigenvalue weighted by molar-refractivity contribution is 5.72. The van der Waals surface area contributed by atoms with Crippen LogP contribution in [0.2, 0.25) is 0 Å². The molecule has 0 bridgehead atoms. The van der Waals surface area contributed by atoms with Gasteiger partial charge in [-0.25, -0.2) is 0 Å². The summed E-state index contributed by atoms with van der Waals surface area (Å²) in [6, 6.07) is 9.58. The third-order valence-electron chi connectivity index (χ3n) is 5.47. The highest BCUT2D eigenvalue weighted by Gasteiger charge is 2.37. The zero-order valence-corrected chi connectivity index (χ0v) is 14.8. The Morgan fingerprint density at radius 1 is 1.15 bits per heavy atom. The zero-order valence-electron chi connectivity index (χ0n) is 14.8. The summed E-state index contributed by atoms with van der Waals surface area (Å²) < 4.78 is 39.8. The van der Waals surface area contributed by atoms with Crippen molar-refractivity contribution in [1.82, 2.24) is 5.32 Å². The molecule has 0 spiro atoms. The van der Waals surface area contributed by atoms with Crippen LogP contribution in [0.3, 0.4) is 0 Å². The Morgan fingerprint density at radius 3 is 2.69 bits per heavy atom. The van der Waals surface area contributed by atoms with Crippen molar-refractivity contribution in [2.75, 3.05) is 36.9 Å². The van der Waals surface area contributed by atoms with Crippen LogP contribution in [0.1, 0.15) is 22.6 Å². The van der Waals surface area contributed by atoms with Gasteiger partial charge in [0.25, 0.3) is 0 Å². The molecule has 3 nitrogen and oxygen atoms in total. The second-order valence-electron chi connectivity index (χ2n) is 7.30. The van der Waals surface area contributed by atoms with Gasteiger partial charge in [-0.05, 0) is 48.2 Å². The Hall–Kier alpha value is -2.21. The van der Waals surface area contributed by atoms with Crippen LogP contribution in [-0.4, -0.2) is 26.7 Å². The fourth-order valence-corrected chi connectivity index (χ4v) is 4.41. The van der Waals surface area contributed by atoms with Crippen molar-refractivity contribution in [2.24, 2.45) is 5.92 Å². The summed E-state index contributed by atoms with van der Waals surface area (Å²) in [5, 5.41) is 6.45. The maximum absolute atomic E-state index is 13.3. The molecule has 2 N–H and O–H groups in total. The minimum atomic E-state index is -4.38. The number of alkyl halides is 3. The fraction of sp³-hybridized carbons (Fsp3) is 0.400. The van der Waals surface area contributed by atoms with Gasteiger partial charge in [0.2, 0.25) is 0 Å². The van der Waals surface area contributed by atoms with E-state index in [1.807, 2.05) is 19.1 Å². The van der Waals surface area contributed by atoms with E-state index in [9.17, 15) is 13.2 Å². The predicted octanol–water partition coefficient (Wildman–Crippen LogP) is 4.51. The first-order chi connectivity index (χ1) is 12.3. The molecule has 0 amide bonds. The molecule has 2 aliphatic rings. The van der Waals surface area contributed by atoms with Gasteiger partial charge in [-0.1, -0.05) is 12.1 Å². The van der Waals surface area contributed by atoms with Crippen LogP contribution in [0, 0.1) is 12.8 Å². The second-order valence-corrected chi connectivity index (χ2v) is 7.30. The summed E-state index contributed by atoms with van der Waals surface area (Å²) in [6.07, 6.45) is -4.38. The molecule has 0 aliphatic carbocycles. The molecule has 0 saturated carbocycles. The second kappa shape index (κ2) is 6.20. The predicted molar refractivity (Wildman–Crippen MR) is 98.3 cm³/mol. The van der Waals surface area contributed by atoms with Crippen molar-refractivity contribution in [2.45, 2.75) is 19.0 Å². The molecule has 0 radical (unpaired) electrons. The van der Waals surface area contributed by atoms with Crippen LogP contribution in [0.5, 0.6) is 0 Å². The molecule has 26 heavy (non-hydrogen) atoms. The van der Waals surface area contributed by atoms with E-state index in [-0.39, 0.29) is 5.69 Å². The summed E-state index contributed by atoms with van der Waals surface area (Å²) in [7, 11) is 2.09. The van der Waals surface area contributed by atoms with Crippen molar-refractivity contribution in [3.8, 4) is 0 Å². The third kappa shape index (κ3) is 2.92. The number of rotatable bonds is 2. The van der Waals surface area contributed by atoms with Gasteiger partial charge in [0.05, 0.1) is 11.3 Å². The van der Waals surface area contributed by atoms with Gasteiger partial charge in [-0.2, -0.15) is 13.2 Å². The minimum Gasteiger partial charge on any atom is -0.374 e. The molecule has 2 heterocycles. The number of benzene rings is 2. The number of fused-ring (bicyclic) bond motifs is 3. The summed E-state index contributed by atoms with van der Waals surface area (Å²) in [4.78, 5) is 2.27. The summed E-state index contributed by atoms with van der Waals surface area (Å²) in [6.45, 7) is 4.95. The molecule has 2 atom stereocenters. The molecule has 138 valence electrons. The number of halogens is 3. The largest absolute Gasteiger partial charge is 0.418 e. The quantitative estimate of drug-likeness (QED) is 0.824. The van der Waals surface area contributed by atoms with Crippen molar-refractivity contribution in [3.05, 3.63) is 53.1 Å². The van der Waals surface area contributed by atoms with Gasteiger partial charge in [-0.15, -0.1) is 0 Å². The highest BCUT2D eigenvalue weighted by atomic mass is 19.4. The molecule has 2 aromatic rings. The average molecular weight is 361 g/mol. The highest BCUT2D eigenvalue weighted by Crippen LogP contribution is 2.44. The summed E-state index contributed by atoms with van der Waals surface area (Å²) >= 11 is 0. The van der Waals surface area contributed by atoms with Gasteiger partial charge in [0, 0.05) is 44.0 Å². The molecular weight excluding hydrogens is 339 g/mol. The van der Waals surface area contributed by atoms with Crippen LogP contribution in [0.25, 0.3) is 0 Å². The molecule has 6 heteroatoms. The molecule has 0 unspecified atom stereocenters. The Bertz CT molecular complexity index is 832. The number of hydrogen-bond acceptors (Lipinski definition) is 3. The first kappa shape index (κ1) is 17.2. The molecule has 1 fully saturated rings. The topological polar surface area (TPSA) is 27.3 Å². The van der Waals surface area contributed by atoms with E-state index >= 15 is 0 Å². The lowest BCUT2D eigenvalue weighted by atomic mass is 9.82. The number of aryl methyl sites for hydroxylation is 1. The number of hydrogen-bond donors (Lipinski definition) is 2. The van der Waals surface area contributed by atoms with Gasteiger partial charge in [0.1, 0.15) is 0 Å². The van der Waals surface area contributed by atoms with E-state index in [1.165, 1.54) is 23.4 Å². The molecule has 4 rings (SSSR count). The van der Waals surface area contributed by atoms with E-state index in [4.69, 9.17) is 0 Å². The fourth-order valence-electron chi connectivity index (χ4n) is 4.41. The molecular formula is C20H22F3N3. The Balaban J connectivity index is 1.74. The maximum Gasteiger partial charge on any atom is 0.418 e. The maximum atomic E-state index is 13.3. The normalized spacial score (nSPS) is 22.1. The van der Waals surface area contributed by atoms with E-state index in [0.717, 1.165) is 31.3 Å². The molecule has 2 aromatic carbocycles. The number of nitrogens with one attached hydrogen (secondary N) is 2. The lowest BCUT2D eigenvalue weighted by molar-refractivity contribution is -0.136. The van der Waals surface area contributed by atoms with Crippen LogP contribution in [0.4, 0.5) is 30.2 Å². The van der Waals surface area contributed by atoms with Crippen molar-refractivity contribution in [3.63, 3.8) is 0 Å². The SMILES string of the molecule is Cc1cc(Nc2ccccc2C(F)(F)F)cc2c1N(C)C[C@@H]1CNC[C@H]21. The lowest BCUT2D eigenvalue weighted by Crippen LogP contribution is -2.35. The van der Waals surface area contributed by atoms with Crippen LogP contribution < -0.4 is 15.5 Å². The van der Waals surface area contributed by atoms with Gasteiger partial charge >= 0.3 is 6.18 Å². The Labute approximate surface area is 151 Å². The first-order valence-corrected chi connectivity index (χ1v) is 8.84. The van der Waals surface area contributed by atoms with E-state index in [1.54, 1.807) is 6.07 Å². The minimum absolute atomic E-state index is 0.0876. The molecule has 0 aromatic heterocycles. The Morgan fingerprint density at radius 2 is 1.92 bits per heavy atom. The van der Waals surface area contributed by atoms with E-state index in [0.29, 0.717) is 17.5 Å². The van der Waals surface area contributed by atoms with E-state index < -0.39 is 11.7 Å². The first-order valence-electron chi connectivity index (χ1n) is 8.84.